The van der Waals surface area contributed by atoms with Gasteiger partial charge in [0.1, 0.15) is 60.5 Å². The number of nitrogens with one attached hydrogen (secondary N) is 4. The van der Waals surface area contributed by atoms with Gasteiger partial charge in [0.2, 0.25) is 47.4 Å². The van der Waals surface area contributed by atoms with Gasteiger partial charge < -0.3 is 55.6 Å². The molecule has 14 unspecified atom stereocenters. The van der Waals surface area contributed by atoms with Gasteiger partial charge in [0.05, 0.1) is 34.8 Å². The van der Waals surface area contributed by atoms with Crippen LogP contribution in [0.4, 0.5) is 0 Å². The Kier molecular flexibility index (Phi) is 32.9. The molecular weight excluding hydrogens is 1170 g/mol. The van der Waals surface area contributed by atoms with Crippen molar-refractivity contribution in [1.82, 2.24) is 45.8 Å². The van der Waals surface area contributed by atoms with Gasteiger partial charge in [-0.05, 0) is 94.3 Å². The molecule has 1 rings (SSSR count). The van der Waals surface area contributed by atoms with Gasteiger partial charge in [-0.15, -0.1) is 0 Å². The number of allylic oxidation sites excluding steroid dienone is 2. The second-order valence-corrected chi connectivity index (χ2v) is 29.1. The van der Waals surface area contributed by atoms with E-state index in [0.29, 0.717) is 6.42 Å². The van der Waals surface area contributed by atoms with Crippen LogP contribution in [-0.2, 0) is 57.5 Å². The van der Waals surface area contributed by atoms with Crippen LogP contribution in [0, 0.1) is 47.3 Å². The van der Waals surface area contributed by atoms with E-state index in [9.17, 15) is 24.3 Å². The molecule has 11 amide bonds. The minimum Gasteiger partial charge on any atom is -0.386 e. The van der Waals surface area contributed by atoms with E-state index in [1.54, 1.807) is 82.5 Å². The average Bonchev–Trinajstić information content (AvgIpc) is 0.797. The molecule has 0 radical (unpaired) electrons. The van der Waals surface area contributed by atoms with Crippen LogP contribution in [0.1, 0.15) is 157 Å². The van der Waals surface area contributed by atoms with Gasteiger partial charge >= 0.3 is 11.8 Å². The highest BCUT2D eigenvalue weighted by Gasteiger charge is 2.55. The molecule has 0 spiro atoms. The maximum atomic E-state index is 15.7. The summed E-state index contributed by atoms with van der Waals surface area (Å²) in [6, 6.07) is -13.8. The normalized spacial score (nSPS) is 28.2. The van der Waals surface area contributed by atoms with Crippen molar-refractivity contribution < 1.29 is 71.5 Å². The van der Waals surface area contributed by atoms with Crippen LogP contribution < -0.4 is 21.3 Å². The Morgan fingerprint density at radius 1 is 0.495 bits per heavy atom. The second kappa shape index (κ2) is 36.0. The van der Waals surface area contributed by atoms with Crippen molar-refractivity contribution in [2.24, 2.45) is 47.3 Å². The Hall–Kier alpha value is -5.85. The van der Waals surface area contributed by atoms with E-state index in [4.69, 9.17) is 4.74 Å². The number of methoxy groups -OCH3 is 1. The third-order valence-electron chi connectivity index (χ3n) is 18.1. The quantitative estimate of drug-likeness (QED) is 0.102. The first-order valence-corrected chi connectivity index (χ1v) is 32.9. The molecule has 24 heteroatoms. The molecule has 0 saturated carbocycles. The van der Waals surface area contributed by atoms with Crippen LogP contribution in [0.15, 0.2) is 12.2 Å². The zero-order valence-electron chi connectivity index (χ0n) is 60.9. The maximum Gasteiger partial charge on any atom is 0.336 e. The summed E-state index contributed by atoms with van der Waals surface area (Å²) in [5.74, 6) is -10.8. The fourth-order valence-electron chi connectivity index (χ4n) is 12.7. The zero-order chi connectivity index (χ0) is 71.0. The number of aliphatic hydroxyl groups excluding tert-OH is 1. The Morgan fingerprint density at radius 3 is 1.31 bits per heavy atom. The highest BCUT2D eigenvalue weighted by atomic mass is 16.5. The van der Waals surface area contributed by atoms with Gasteiger partial charge in [-0.1, -0.05) is 116 Å². The zero-order valence-corrected chi connectivity index (χ0v) is 60.9. The molecule has 522 valence electrons. The van der Waals surface area contributed by atoms with Gasteiger partial charge in [0.25, 0.3) is 11.8 Å². The SMILES string of the molecule is CC=CCC(C)C(O)C1C(=O)NC(CC)C(=O)N(C)C(C(C)C)C(=O)[N+](C)(C)C(C(C)COC)C(=O)NC(C(C)C)C(=O)N(C)C(CC(C)C)C(=O)NC(C)C(=O)NC(C)C(=O)N(C)C(CC(C)C)C(=O)N(C)C(CC(C)C)C(=O)N(C)C(C(C)C)C(=O)[N+]1(C)C. The fraction of sp³-hybridized carbons (Fsp3) is 0.806. The number of rotatable bonds is 17. The number of amides is 11. The van der Waals surface area contributed by atoms with E-state index in [-0.39, 0.29) is 50.0 Å². The van der Waals surface area contributed by atoms with Gasteiger partial charge in [0, 0.05) is 48.3 Å². The largest absolute Gasteiger partial charge is 0.386 e. The molecule has 0 bridgehead atoms. The van der Waals surface area contributed by atoms with Crippen molar-refractivity contribution in [3.8, 4) is 0 Å². The fourth-order valence-corrected chi connectivity index (χ4v) is 12.7. The molecule has 5 N–H and O–H groups in total. The van der Waals surface area contributed by atoms with Gasteiger partial charge in [-0.2, -0.15) is 0 Å². The molecule has 0 aliphatic carbocycles. The van der Waals surface area contributed by atoms with Crippen LogP contribution >= 0.6 is 0 Å². The van der Waals surface area contributed by atoms with Crippen LogP contribution in [0.2, 0.25) is 0 Å². The smallest absolute Gasteiger partial charge is 0.336 e. The number of quaternary nitrogens is 2. The molecule has 1 saturated heterocycles. The molecule has 24 nitrogen and oxygen atoms in total. The predicted octanol–water partition coefficient (Wildman–Crippen LogP) is 3.82. The molecule has 14 atom stereocenters. The van der Waals surface area contributed by atoms with Crippen LogP contribution in [-0.4, -0.2) is 253 Å². The van der Waals surface area contributed by atoms with Crippen molar-refractivity contribution in [2.75, 3.05) is 77.1 Å². The summed E-state index contributed by atoms with van der Waals surface area (Å²) in [5, 5.41) is 23.6. The van der Waals surface area contributed by atoms with E-state index >= 15 is 33.6 Å². The predicted molar refractivity (Wildman–Crippen MR) is 352 cm³/mol. The summed E-state index contributed by atoms with van der Waals surface area (Å²) in [5.41, 5.74) is 0. The summed E-state index contributed by atoms with van der Waals surface area (Å²) < 4.78 is 4.13. The Bertz CT molecular complexity index is 2530. The highest BCUT2D eigenvalue weighted by molar-refractivity contribution is 5.98. The van der Waals surface area contributed by atoms with Gasteiger partial charge in [-0.3, -0.25) is 52.1 Å². The lowest BCUT2D eigenvalue weighted by Crippen LogP contribution is -2.71. The molecule has 1 aliphatic heterocycles. The third-order valence-corrected chi connectivity index (χ3v) is 18.1. The van der Waals surface area contributed by atoms with Gasteiger partial charge in [0.15, 0.2) is 6.04 Å². The Labute approximate surface area is 546 Å². The maximum absolute atomic E-state index is 15.7. The van der Waals surface area contributed by atoms with E-state index in [2.05, 4.69) is 21.3 Å². The topological polar surface area (TPSA) is 282 Å². The number of nitrogens with zero attached hydrogens (tertiary/aromatic N) is 7. The first-order chi connectivity index (χ1) is 41.8. The summed E-state index contributed by atoms with van der Waals surface area (Å²) in [7, 11) is 14.8. The van der Waals surface area contributed by atoms with Gasteiger partial charge in [-0.25, -0.2) is 9.59 Å². The highest BCUT2D eigenvalue weighted by Crippen LogP contribution is 2.30. The summed E-state index contributed by atoms with van der Waals surface area (Å²) in [4.78, 5) is 171. The summed E-state index contributed by atoms with van der Waals surface area (Å²) in [6.07, 6.45) is 2.86. The second-order valence-electron chi connectivity index (χ2n) is 29.1. The number of hydrogen-bond acceptors (Lipinski definition) is 13. The molecule has 0 aromatic heterocycles. The lowest BCUT2D eigenvalue weighted by molar-refractivity contribution is -0.837. The standard InChI is InChI=1S/C67H121N11O13/c1-29-31-32-43(15)56(79)55-60(83)70-47(30-2)62(85)75(22)52(41(11)12)66(89)77(24,25)54(44(16)36-91-28)59(82)71-51(40(9)10)65(88)72(19)48(33-37(3)4)58(81)68-45(17)57(80)69-46(18)61(84)73(20)49(34-38(5)6)63(86)74(21)50(35-39(7)8)64(87)76(23)53(42(13)14)67(90)78(55,26)27/h29,31,37-56,79H,30,32-36H2,1-28H3,(H2-2,68,69,70,71,80,81,82,83)/p+2. The summed E-state index contributed by atoms with van der Waals surface area (Å²) >= 11 is 0. The lowest BCUT2D eigenvalue weighted by Gasteiger charge is -2.44. The number of carbonyl (C=O) groups excluding carboxylic acids is 11. The number of ether oxygens (including phenoxy) is 1. The number of likely N-dealkylation sites (N-methyl/N-ethyl adjacent to an activating group) is 7. The minimum atomic E-state index is -1.59. The van der Waals surface area contributed by atoms with Crippen LogP contribution in [0.5, 0.6) is 0 Å². The molecule has 1 fully saturated rings. The molecule has 91 heavy (non-hydrogen) atoms. The lowest BCUT2D eigenvalue weighted by atomic mass is 9.89. The van der Waals surface area contributed by atoms with Crippen LogP contribution in [0.3, 0.4) is 0 Å². The number of carbonyl (C=O) groups is 11. The Morgan fingerprint density at radius 2 is 0.890 bits per heavy atom. The van der Waals surface area contributed by atoms with E-state index in [1.807, 2.05) is 54.5 Å². The first kappa shape index (κ1) is 83.2. The molecule has 1 heterocycles. The van der Waals surface area contributed by atoms with Crippen molar-refractivity contribution >= 4 is 65.0 Å². The molecule has 1 aliphatic rings. The van der Waals surface area contributed by atoms with E-state index < -0.39 is 176 Å². The van der Waals surface area contributed by atoms with Crippen molar-refractivity contribution in [1.29, 1.82) is 0 Å². The van der Waals surface area contributed by atoms with Crippen LogP contribution in [0.25, 0.3) is 0 Å². The average molecular weight is 1290 g/mol. The molecule has 0 aromatic carbocycles. The summed E-state index contributed by atoms with van der Waals surface area (Å²) in [6.45, 7) is 31.5. The number of aliphatic hydroxyl groups is 1. The third kappa shape index (κ3) is 21.3. The molecule has 0 aromatic rings. The van der Waals surface area contributed by atoms with E-state index in [1.165, 1.54) is 94.8 Å². The van der Waals surface area contributed by atoms with Crippen molar-refractivity contribution in [2.45, 2.75) is 229 Å². The number of hydrogen-bond donors (Lipinski definition) is 5. The Balaban J connectivity index is 4.60. The molecular formula is C67H123N11O13+2. The van der Waals surface area contributed by atoms with E-state index in [0.717, 1.165) is 0 Å². The minimum absolute atomic E-state index is 0.000885. The van der Waals surface area contributed by atoms with Crippen molar-refractivity contribution in [3.05, 3.63) is 12.2 Å². The van der Waals surface area contributed by atoms with Crippen molar-refractivity contribution in [3.63, 3.8) is 0 Å². The first-order valence-electron chi connectivity index (χ1n) is 32.9. The monoisotopic (exact) mass is 1290 g/mol.